The second kappa shape index (κ2) is 5.88. The smallest absolute Gasteiger partial charge is 0.260 e. The van der Waals surface area contributed by atoms with Crippen molar-refractivity contribution in [3.05, 3.63) is 36.1 Å². The molecule has 0 radical (unpaired) electrons. The second-order valence-corrected chi connectivity index (χ2v) is 5.68. The van der Waals surface area contributed by atoms with Crippen molar-refractivity contribution in [1.29, 1.82) is 0 Å². The molecule has 0 amide bonds. The van der Waals surface area contributed by atoms with Gasteiger partial charge in [-0.3, -0.25) is 4.90 Å². The molecular weight excluding hydrogens is 265 g/mol. The predicted octanol–water partition coefficient (Wildman–Crippen LogP) is 3.13. The third kappa shape index (κ3) is 2.67. The van der Waals surface area contributed by atoms with Crippen molar-refractivity contribution >= 4 is 5.82 Å². The molecule has 3 nitrogen and oxygen atoms in total. The van der Waals surface area contributed by atoms with Gasteiger partial charge in [-0.2, -0.15) is 4.68 Å². The largest absolute Gasteiger partial charge is 0.297 e. The highest BCUT2D eigenvalue weighted by Crippen LogP contribution is 2.25. The van der Waals surface area contributed by atoms with Gasteiger partial charge in [0.25, 0.3) is 5.82 Å². The van der Waals surface area contributed by atoms with Crippen molar-refractivity contribution in [1.82, 2.24) is 4.68 Å². The molecule has 3 rings (SSSR count). The Morgan fingerprint density at radius 1 is 1.10 bits per heavy atom. The molecule has 1 fully saturated rings. The lowest BCUT2D eigenvalue weighted by atomic mass is 10.1. The monoisotopic (exact) mass is 288 g/mol. The van der Waals surface area contributed by atoms with Crippen molar-refractivity contribution in [2.75, 3.05) is 18.0 Å². The first-order chi connectivity index (χ1) is 10.2. The summed E-state index contributed by atoms with van der Waals surface area (Å²) in [5.74, 6) is 1.09. The van der Waals surface area contributed by atoms with Crippen LogP contribution >= 0.6 is 0 Å². The molecule has 0 saturated carbocycles. The maximum Gasteiger partial charge on any atom is 0.297 e. The summed E-state index contributed by atoms with van der Waals surface area (Å²) in [4.78, 5) is 2.47. The number of nitrogens with zero attached hydrogens (tertiary/aromatic N) is 3. The summed E-state index contributed by atoms with van der Waals surface area (Å²) in [6.07, 6.45) is 3.87. The van der Waals surface area contributed by atoms with Gasteiger partial charge in [-0.05, 0) is 50.5 Å². The van der Waals surface area contributed by atoms with Crippen LogP contribution in [0.2, 0.25) is 0 Å². The first kappa shape index (κ1) is 14.1. The van der Waals surface area contributed by atoms with E-state index in [4.69, 9.17) is 0 Å². The fourth-order valence-electron chi connectivity index (χ4n) is 3.22. The predicted molar refractivity (Wildman–Crippen MR) is 82.7 cm³/mol. The molecule has 0 spiro atoms. The summed E-state index contributed by atoms with van der Waals surface area (Å²) in [5, 5.41) is 0. The normalized spacial score (nSPS) is 15.5. The Labute approximate surface area is 125 Å². The van der Waals surface area contributed by atoms with Crippen molar-refractivity contribution in [2.45, 2.75) is 32.7 Å². The minimum Gasteiger partial charge on any atom is -0.260 e. The van der Waals surface area contributed by atoms with Crippen LogP contribution in [0.15, 0.2) is 30.3 Å². The van der Waals surface area contributed by atoms with E-state index in [1.807, 2.05) is 12.1 Å². The molecule has 0 bridgehead atoms. The van der Waals surface area contributed by atoms with Crippen LogP contribution in [0, 0.1) is 5.82 Å². The van der Waals surface area contributed by atoms with Crippen LogP contribution in [-0.2, 0) is 13.6 Å². The highest BCUT2D eigenvalue weighted by atomic mass is 19.1. The minimum atomic E-state index is -0.187. The molecule has 0 atom stereocenters. The van der Waals surface area contributed by atoms with E-state index < -0.39 is 0 Å². The quantitative estimate of drug-likeness (QED) is 0.790. The van der Waals surface area contributed by atoms with Gasteiger partial charge in [-0.15, -0.1) is 0 Å². The van der Waals surface area contributed by atoms with Gasteiger partial charge in [0.1, 0.15) is 12.4 Å². The van der Waals surface area contributed by atoms with Gasteiger partial charge in [0, 0.05) is 12.6 Å². The number of aromatic nitrogens is 2. The van der Waals surface area contributed by atoms with Gasteiger partial charge in [-0.25, -0.2) is 9.07 Å². The van der Waals surface area contributed by atoms with Crippen LogP contribution in [0.1, 0.15) is 26.2 Å². The number of hydrogen-bond donors (Lipinski definition) is 0. The van der Waals surface area contributed by atoms with Gasteiger partial charge in [0.2, 0.25) is 0 Å². The SMILES string of the molecule is CC[n+]1c(N2CCCCC2)cc(-c2ccc(F)cc2)n1C. The van der Waals surface area contributed by atoms with Gasteiger partial charge < -0.3 is 0 Å². The summed E-state index contributed by atoms with van der Waals surface area (Å²) < 4.78 is 17.6. The van der Waals surface area contributed by atoms with Crippen LogP contribution in [0.5, 0.6) is 0 Å². The first-order valence-electron chi connectivity index (χ1n) is 7.81. The Morgan fingerprint density at radius 3 is 2.38 bits per heavy atom. The molecular formula is C17H23FN3+. The molecule has 0 aliphatic carbocycles. The van der Waals surface area contributed by atoms with Crippen LogP contribution in [0.25, 0.3) is 11.3 Å². The molecule has 2 heterocycles. The van der Waals surface area contributed by atoms with E-state index in [-0.39, 0.29) is 5.82 Å². The van der Waals surface area contributed by atoms with E-state index in [1.54, 1.807) is 0 Å². The summed E-state index contributed by atoms with van der Waals surface area (Å²) >= 11 is 0. The molecule has 1 aromatic heterocycles. The number of hydrogen-bond acceptors (Lipinski definition) is 1. The Morgan fingerprint density at radius 2 is 1.76 bits per heavy atom. The van der Waals surface area contributed by atoms with Crippen molar-refractivity contribution in [2.24, 2.45) is 7.05 Å². The number of anilines is 1. The fraction of sp³-hybridized carbons (Fsp3) is 0.471. The molecule has 21 heavy (non-hydrogen) atoms. The van der Waals surface area contributed by atoms with Gasteiger partial charge >= 0.3 is 0 Å². The molecule has 4 heteroatoms. The zero-order chi connectivity index (χ0) is 14.8. The standard InChI is InChI=1S/C17H23FN3/c1-3-21-17(20-11-5-4-6-12-20)13-16(19(21)2)14-7-9-15(18)10-8-14/h7-10,13H,3-6,11-12H2,1-2H3/q+1. The van der Waals surface area contributed by atoms with Crippen molar-refractivity contribution < 1.29 is 9.07 Å². The Kier molecular flexibility index (Phi) is 3.95. The van der Waals surface area contributed by atoms with E-state index in [1.165, 1.54) is 37.2 Å². The Bertz CT molecular complexity index is 610. The zero-order valence-electron chi connectivity index (χ0n) is 12.8. The lowest BCUT2D eigenvalue weighted by Crippen LogP contribution is -2.47. The topological polar surface area (TPSA) is 12.1 Å². The van der Waals surface area contributed by atoms with Crippen LogP contribution < -0.4 is 9.58 Å². The Balaban J connectivity index is 2.02. The minimum absolute atomic E-state index is 0.187. The van der Waals surface area contributed by atoms with Gasteiger partial charge in [0.05, 0.1) is 24.8 Å². The van der Waals surface area contributed by atoms with E-state index >= 15 is 0 Å². The second-order valence-electron chi connectivity index (χ2n) is 5.68. The molecule has 112 valence electrons. The molecule has 1 aliphatic heterocycles. The highest BCUT2D eigenvalue weighted by molar-refractivity contribution is 5.62. The third-order valence-corrected chi connectivity index (χ3v) is 4.36. The third-order valence-electron chi connectivity index (χ3n) is 4.36. The molecule has 0 N–H and O–H groups in total. The molecule has 1 saturated heterocycles. The van der Waals surface area contributed by atoms with E-state index in [2.05, 4.69) is 34.3 Å². The summed E-state index contributed by atoms with van der Waals surface area (Å²) in [6.45, 7) is 5.37. The van der Waals surface area contributed by atoms with E-state index in [0.29, 0.717) is 0 Å². The molecule has 2 aromatic rings. The molecule has 1 aromatic carbocycles. The average Bonchev–Trinajstić information content (AvgIpc) is 2.86. The van der Waals surface area contributed by atoms with Crippen LogP contribution in [-0.4, -0.2) is 17.8 Å². The van der Waals surface area contributed by atoms with Gasteiger partial charge in [0.15, 0.2) is 0 Å². The van der Waals surface area contributed by atoms with E-state index in [9.17, 15) is 4.39 Å². The summed E-state index contributed by atoms with van der Waals surface area (Å²) in [6, 6.07) is 9.00. The number of halogens is 1. The van der Waals surface area contributed by atoms with Crippen molar-refractivity contribution in [3.63, 3.8) is 0 Å². The zero-order valence-corrected chi connectivity index (χ0v) is 12.8. The molecule has 0 unspecified atom stereocenters. The van der Waals surface area contributed by atoms with Gasteiger partial charge in [-0.1, -0.05) is 0 Å². The maximum atomic E-state index is 13.1. The number of benzene rings is 1. The van der Waals surface area contributed by atoms with Crippen LogP contribution in [0.3, 0.4) is 0 Å². The lowest BCUT2D eigenvalue weighted by Gasteiger charge is -2.21. The summed E-state index contributed by atoms with van der Waals surface area (Å²) in [5.41, 5.74) is 2.20. The van der Waals surface area contributed by atoms with Crippen LogP contribution in [0.4, 0.5) is 10.2 Å². The fourth-order valence-corrected chi connectivity index (χ4v) is 3.22. The summed E-state index contributed by atoms with van der Waals surface area (Å²) in [7, 11) is 2.08. The van der Waals surface area contributed by atoms with E-state index in [0.717, 1.165) is 30.9 Å². The first-order valence-corrected chi connectivity index (χ1v) is 7.81. The number of piperidine rings is 1. The molecule has 1 aliphatic rings. The average molecular weight is 288 g/mol. The number of rotatable bonds is 3. The highest BCUT2D eigenvalue weighted by Gasteiger charge is 2.26. The Hall–Kier alpha value is -1.84. The maximum absolute atomic E-state index is 13.1. The lowest BCUT2D eigenvalue weighted by molar-refractivity contribution is -0.758. The van der Waals surface area contributed by atoms with Crippen molar-refractivity contribution in [3.8, 4) is 11.3 Å².